The van der Waals surface area contributed by atoms with Gasteiger partial charge in [-0.25, -0.2) is 9.89 Å². The zero-order chi connectivity index (χ0) is 26.7. The molecule has 5 rings (SSSR count). The molecule has 4 atom stereocenters. The van der Waals surface area contributed by atoms with Gasteiger partial charge < -0.3 is 5.11 Å². The highest BCUT2D eigenvalue weighted by Gasteiger charge is 2.39. The highest BCUT2D eigenvalue weighted by atomic mass is 16.4. The molecule has 10 nitrogen and oxygen atoms in total. The molecule has 0 bridgehead atoms. The van der Waals surface area contributed by atoms with Crippen molar-refractivity contribution in [1.29, 1.82) is 0 Å². The number of aryl methyl sites for hydroxylation is 1. The Morgan fingerprint density at radius 3 is 2.87 bits per heavy atom. The van der Waals surface area contributed by atoms with Crippen molar-refractivity contribution < 1.29 is 9.90 Å². The number of allylic oxidation sites excluding steroid dienone is 1. The molecule has 2 aromatic heterocycles. The largest absolute Gasteiger partial charge is 0.481 e. The fraction of sp³-hybridized carbons (Fsp3) is 0.500. The fourth-order valence-corrected chi connectivity index (χ4v) is 6.12. The summed E-state index contributed by atoms with van der Waals surface area (Å²) in [5.74, 6) is -0.694. The number of hydrogen-bond acceptors (Lipinski definition) is 6. The van der Waals surface area contributed by atoms with Crippen LogP contribution in [0.1, 0.15) is 69.7 Å². The van der Waals surface area contributed by atoms with Gasteiger partial charge in [0.2, 0.25) is 0 Å². The number of hydrogen-bond donors (Lipinski definition) is 2. The number of aromatic amines is 1. The number of imidazole rings is 1. The van der Waals surface area contributed by atoms with Crippen LogP contribution in [-0.2, 0) is 23.2 Å². The molecule has 4 unspecified atom stereocenters. The standard InChI is InChI=1S/C28H35N7O3/c1-3-4-10-22-17-34(24-19(2)7-5-11-23(24)26(36)37)27(38)35(22)18-28(12-14-29-15-13-28)21-9-6-8-20(16-21)25-30-32-33-31-25/h6,8-9,12,14-17,19,23-24H,3-5,7,10-11,13,18H2,1-2H3,(H,36,37)(H,30,31,32,33). The van der Waals surface area contributed by atoms with E-state index in [4.69, 9.17) is 0 Å². The minimum Gasteiger partial charge on any atom is -0.481 e. The number of aliphatic carboxylic acids is 1. The Labute approximate surface area is 221 Å². The summed E-state index contributed by atoms with van der Waals surface area (Å²) in [6.07, 6.45) is 13.4. The number of carboxylic acid groups (broad SMARTS) is 1. The maximum absolute atomic E-state index is 14.1. The number of carboxylic acids is 1. The lowest BCUT2D eigenvalue weighted by atomic mass is 9.76. The number of aromatic nitrogens is 6. The van der Waals surface area contributed by atoms with Crippen LogP contribution in [0.5, 0.6) is 0 Å². The first-order valence-corrected chi connectivity index (χ1v) is 13.5. The van der Waals surface area contributed by atoms with E-state index in [0.29, 0.717) is 25.2 Å². The van der Waals surface area contributed by atoms with Gasteiger partial charge in [-0.1, -0.05) is 51.0 Å². The van der Waals surface area contributed by atoms with Gasteiger partial charge in [-0.05, 0) is 60.1 Å². The van der Waals surface area contributed by atoms with Gasteiger partial charge in [-0.15, -0.1) is 5.10 Å². The van der Waals surface area contributed by atoms with Crippen molar-refractivity contribution >= 4 is 12.2 Å². The van der Waals surface area contributed by atoms with Crippen molar-refractivity contribution in [3.63, 3.8) is 0 Å². The van der Waals surface area contributed by atoms with Crippen molar-refractivity contribution in [2.24, 2.45) is 16.8 Å². The van der Waals surface area contributed by atoms with E-state index in [2.05, 4.69) is 57.7 Å². The maximum atomic E-state index is 14.1. The third-order valence-electron chi connectivity index (χ3n) is 8.22. The number of tetrazole rings is 1. The number of nitrogens with zero attached hydrogens (tertiary/aromatic N) is 6. The molecule has 0 radical (unpaired) electrons. The molecule has 10 heteroatoms. The van der Waals surface area contributed by atoms with E-state index in [0.717, 1.165) is 48.9 Å². The van der Waals surface area contributed by atoms with Gasteiger partial charge in [0.15, 0.2) is 5.82 Å². The molecule has 200 valence electrons. The van der Waals surface area contributed by atoms with E-state index in [1.807, 2.05) is 29.1 Å². The van der Waals surface area contributed by atoms with Crippen LogP contribution in [0.25, 0.3) is 11.4 Å². The van der Waals surface area contributed by atoms with Crippen LogP contribution in [0.15, 0.2) is 52.5 Å². The highest BCUT2D eigenvalue weighted by molar-refractivity contribution is 5.71. The summed E-state index contributed by atoms with van der Waals surface area (Å²) in [7, 11) is 0. The van der Waals surface area contributed by atoms with Crippen molar-refractivity contribution in [3.05, 3.63) is 64.5 Å². The molecule has 1 aliphatic heterocycles. The Bertz CT molecular complexity index is 1390. The van der Waals surface area contributed by atoms with E-state index in [1.165, 1.54) is 0 Å². The Morgan fingerprint density at radius 1 is 1.29 bits per heavy atom. The number of nitrogens with one attached hydrogen (secondary N) is 1. The molecule has 2 N–H and O–H groups in total. The van der Waals surface area contributed by atoms with Crippen LogP contribution in [0, 0.1) is 11.8 Å². The van der Waals surface area contributed by atoms with E-state index >= 15 is 0 Å². The van der Waals surface area contributed by atoms with Crippen LogP contribution in [0.2, 0.25) is 0 Å². The van der Waals surface area contributed by atoms with Gasteiger partial charge in [0, 0.05) is 41.8 Å². The van der Waals surface area contributed by atoms with Gasteiger partial charge in [0.1, 0.15) is 0 Å². The normalized spacial score (nSPS) is 25.1. The quantitative estimate of drug-likeness (QED) is 0.438. The SMILES string of the molecule is CCCCc1cn(C2C(C)CCCC2C(=O)O)c(=O)n1CC1(c2cccc(-c3nnn[nH]3)c2)C=CN=CC1. The lowest BCUT2D eigenvalue weighted by Gasteiger charge is -2.34. The molecule has 0 spiro atoms. The monoisotopic (exact) mass is 517 g/mol. The Balaban J connectivity index is 1.59. The number of carbonyl (C=O) groups is 1. The summed E-state index contributed by atoms with van der Waals surface area (Å²) in [6.45, 7) is 4.63. The summed E-state index contributed by atoms with van der Waals surface area (Å²) in [5.41, 5.74) is 2.20. The summed E-state index contributed by atoms with van der Waals surface area (Å²) < 4.78 is 3.61. The summed E-state index contributed by atoms with van der Waals surface area (Å²) in [6, 6.07) is 7.70. The molecular weight excluding hydrogens is 482 g/mol. The number of H-pyrrole nitrogens is 1. The van der Waals surface area contributed by atoms with E-state index < -0.39 is 17.3 Å². The topological polar surface area (TPSA) is 131 Å². The highest BCUT2D eigenvalue weighted by Crippen LogP contribution is 2.39. The van der Waals surface area contributed by atoms with E-state index in [-0.39, 0.29) is 17.6 Å². The second kappa shape index (κ2) is 10.9. The number of benzene rings is 1. The minimum absolute atomic E-state index is 0.111. The minimum atomic E-state index is -0.821. The molecule has 1 fully saturated rings. The summed E-state index contributed by atoms with van der Waals surface area (Å²) in [4.78, 5) is 30.6. The number of unbranched alkanes of at least 4 members (excludes halogenated alkanes) is 1. The van der Waals surface area contributed by atoms with Crippen molar-refractivity contribution in [1.82, 2.24) is 29.8 Å². The average molecular weight is 518 g/mol. The molecule has 0 amide bonds. The molecular formula is C28H35N7O3. The van der Waals surface area contributed by atoms with Crippen molar-refractivity contribution in [3.8, 4) is 11.4 Å². The van der Waals surface area contributed by atoms with Crippen LogP contribution >= 0.6 is 0 Å². The Morgan fingerprint density at radius 2 is 2.16 bits per heavy atom. The van der Waals surface area contributed by atoms with Gasteiger partial charge >= 0.3 is 11.7 Å². The lowest BCUT2D eigenvalue weighted by Crippen LogP contribution is -2.41. The van der Waals surface area contributed by atoms with Crippen molar-refractivity contribution in [2.75, 3.05) is 0 Å². The van der Waals surface area contributed by atoms with E-state index in [1.54, 1.807) is 10.8 Å². The van der Waals surface area contributed by atoms with Crippen LogP contribution < -0.4 is 5.69 Å². The first kappa shape index (κ1) is 25.8. The average Bonchev–Trinajstić information content (AvgIpc) is 3.57. The van der Waals surface area contributed by atoms with Gasteiger partial charge in [-0.3, -0.25) is 18.9 Å². The summed E-state index contributed by atoms with van der Waals surface area (Å²) in [5, 5.41) is 24.3. The Hall–Kier alpha value is -3.82. The summed E-state index contributed by atoms with van der Waals surface area (Å²) >= 11 is 0. The van der Waals surface area contributed by atoms with Crippen LogP contribution in [-0.4, -0.2) is 47.0 Å². The molecule has 3 heterocycles. The molecule has 0 saturated heterocycles. The van der Waals surface area contributed by atoms with E-state index in [9.17, 15) is 14.7 Å². The maximum Gasteiger partial charge on any atom is 0.328 e. The molecule has 2 aliphatic rings. The number of aliphatic imine (C=N–C) groups is 1. The first-order valence-electron chi connectivity index (χ1n) is 13.5. The fourth-order valence-electron chi connectivity index (χ4n) is 6.12. The van der Waals surface area contributed by atoms with Gasteiger partial charge in [0.25, 0.3) is 0 Å². The predicted molar refractivity (Wildman–Crippen MR) is 144 cm³/mol. The first-order chi connectivity index (χ1) is 18.4. The van der Waals surface area contributed by atoms with Gasteiger partial charge in [0.05, 0.1) is 12.0 Å². The molecule has 38 heavy (non-hydrogen) atoms. The zero-order valence-electron chi connectivity index (χ0n) is 22.0. The van der Waals surface area contributed by atoms with Crippen LogP contribution in [0.4, 0.5) is 0 Å². The van der Waals surface area contributed by atoms with Crippen molar-refractivity contribution in [2.45, 2.75) is 76.8 Å². The third-order valence-corrected chi connectivity index (χ3v) is 8.22. The molecule has 1 aromatic carbocycles. The smallest absolute Gasteiger partial charge is 0.328 e. The molecule has 3 aromatic rings. The second-order valence-electron chi connectivity index (χ2n) is 10.7. The Kier molecular flexibility index (Phi) is 7.40. The second-order valence-corrected chi connectivity index (χ2v) is 10.7. The third kappa shape index (κ3) is 4.87. The molecule has 1 saturated carbocycles. The molecule has 1 aliphatic carbocycles. The number of rotatable bonds is 9. The predicted octanol–water partition coefficient (Wildman–Crippen LogP) is 4.16. The zero-order valence-corrected chi connectivity index (χ0v) is 22.0. The lowest BCUT2D eigenvalue weighted by molar-refractivity contribution is -0.145. The van der Waals surface area contributed by atoms with Gasteiger partial charge in [-0.2, -0.15) is 0 Å². The van der Waals surface area contributed by atoms with Crippen LogP contribution in [0.3, 0.4) is 0 Å².